The number of anilines is 2. The van der Waals surface area contributed by atoms with Gasteiger partial charge in [0.15, 0.2) is 6.10 Å². The van der Waals surface area contributed by atoms with Crippen LogP contribution in [0.4, 0.5) is 11.4 Å². The van der Waals surface area contributed by atoms with Crippen LogP contribution in [0.15, 0.2) is 22.6 Å². The summed E-state index contributed by atoms with van der Waals surface area (Å²) in [5.41, 5.74) is 1.49. The van der Waals surface area contributed by atoms with Crippen LogP contribution in [0, 0.1) is 5.92 Å². The van der Waals surface area contributed by atoms with Gasteiger partial charge in [-0.25, -0.2) is 0 Å². The maximum Gasteiger partial charge on any atom is 0.265 e. The molecule has 3 rings (SSSR count). The molecule has 1 aromatic heterocycles. The van der Waals surface area contributed by atoms with Crippen molar-refractivity contribution in [2.45, 2.75) is 46.3 Å². The summed E-state index contributed by atoms with van der Waals surface area (Å²) in [6, 6.07) is 5.42. The highest BCUT2D eigenvalue weighted by atomic mass is 16.5. The van der Waals surface area contributed by atoms with Crippen LogP contribution in [0.5, 0.6) is 5.75 Å². The van der Waals surface area contributed by atoms with Gasteiger partial charge in [-0.3, -0.25) is 4.79 Å². The number of ether oxygens (including phenoxy) is 1. The smallest absolute Gasteiger partial charge is 0.265 e. The standard InChI is InChI=1S/C17H22N4O3/c1-9(2)7-15-20-21-17(24-15)10(3)18-12-5-6-14-13(8-12)19-16(22)11(4)23-14/h5-6,8-11,18H,7H2,1-4H3,(H,19,22)/t10-,11+/m0/s1. The number of carbonyl (C=O) groups excluding carboxylic acids is 1. The Morgan fingerprint density at radius 3 is 2.83 bits per heavy atom. The summed E-state index contributed by atoms with van der Waals surface area (Å²) in [4.78, 5) is 11.7. The maximum atomic E-state index is 11.7. The summed E-state index contributed by atoms with van der Waals surface area (Å²) >= 11 is 0. The lowest BCUT2D eigenvalue weighted by Gasteiger charge is -2.24. The lowest BCUT2D eigenvalue weighted by Crippen LogP contribution is -2.34. The summed E-state index contributed by atoms with van der Waals surface area (Å²) in [5.74, 6) is 2.17. The number of hydrogen-bond donors (Lipinski definition) is 2. The number of nitrogens with zero attached hydrogens (tertiary/aromatic N) is 2. The highest BCUT2D eigenvalue weighted by Crippen LogP contribution is 2.33. The molecular weight excluding hydrogens is 308 g/mol. The van der Waals surface area contributed by atoms with Gasteiger partial charge in [0.1, 0.15) is 11.8 Å². The monoisotopic (exact) mass is 330 g/mol. The first-order valence-electron chi connectivity index (χ1n) is 8.12. The zero-order valence-electron chi connectivity index (χ0n) is 14.3. The van der Waals surface area contributed by atoms with Crippen molar-refractivity contribution in [2.75, 3.05) is 10.6 Å². The largest absolute Gasteiger partial charge is 0.479 e. The topological polar surface area (TPSA) is 89.3 Å². The van der Waals surface area contributed by atoms with E-state index in [0.29, 0.717) is 29.1 Å². The molecule has 24 heavy (non-hydrogen) atoms. The van der Waals surface area contributed by atoms with E-state index >= 15 is 0 Å². The van der Waals surface area contributed by atoms with Gasteiger partial charge in [-0.2, -0.15) is 0 Å². The van der Waals surface area contributed by atoms with Crippen LogP contribution >= 0.6 is 0 Å². The average molecular weight is 330 g/mol. The lowest BCUT2D eigenvalue weighted by molar-refractivity contribution is -0.122. The molecule has 0 spiro atoms. The number of carbonyl (C=O) groups is 1. The minimum atomic E-state index is -0.479. The first kappa shape index (κ1) is 16.3. The zero-order chi connectivity index (χ0) is 17.3. The van der Waals surface area contributed by atoms with Crippen LogP contribution in [0.1, 0.15) is 45.5 Å². The van der Waals surface area contributed by atoms with E-state index in [-0.39, 0.29) is 11.9 Å². The Morgan fingerprint density at radius 1 is 1.29 bits per heavy atom. The van der Waals surface area contributed by atoms with Crippen LogP contribution in [-0.2, 0) is 11.2 Å². The van der Waals surface area contributed by atoms with Gasteiger partial charge >= 0.3 is 0 Å². The third kappa shape index (κ3) is 3.50. The van der Waals surface area contributed by atoms with E-state index in [0.717, 1.165) is 12.1 Å². The van der Waals surface area contributed by atoms with E-state index in [4.69, 9.17) is 9.15 Å². The Kier molecular flexibility index (Phi) is 4.42. The van der Waals surface area contributed by atoms with Crippen molar-refractivity contribution in [3.8, 4) is 5.75 Å². The number of aromatic nitrogens is 2. The average Bonchev–Trinajstić information content (AvgIpc) is 2.96. The van der Waals surface area contributed by atoms with E-state index in [1.54, 1.807) is 6.92 Å². The molecule has 0 fully saturated rings. The maximum absolute atomic E-state index is 11.7. The molecule has 2 heterocycles. The third-order valence-corrected chi connectivity index (χ3v) is 3.73. The molecule has 1 aliphatic heterocycles. The van der Waals surface area contributed by atoms with Crippen LogP contribution in [0.25, 0.3) is 0 Å². The molecule has 2 atom stereocenters. The van der Waals surface area contributed by atoms with Gasteiger partial charge in [0.05, 0.1) is 5.69 Å². The van der Waals surface area contributed by atoms with Crippen molar-refractivity contribution in [1.29, 1.82) is 0 Å². The van der Waals surface area contributed by atoms with Crippen molar-refractivity contribution >= 4 is 17.3 Å². The molecule has 2 aromatic rings. The van der Waals surface area contributed by atoms with Gasteiger partial charge in [0.2, 0.25) is 11.8 Å². The summed E-state index contributed by atoms with van der Waals surface area (Å²) in [6.45, 7) is 7.88. The summed E-state index contributed by atoms with van der Waals surface area (Å²) in [6.07, 6.45) is 0.285. The van der Waals surface area contributed by atoms with Gasteiger partial charge in [-0.1, -0.05) is 13.8 Å². The van der Waals surface area contributed by atoms with Gasteiger partial charge < -0.3 is 19.8 Å². The number of nitrogens with one attached hydrogen (secondary N) is 2. The molecule has 0 radical (unpaired) electrons. The first-order chi connectivity index (χ1) is 11.4. The molecule has 0 bridgehead atoms. The number of hydrogen-bond acceptors (Lipinski definition) is 6. The SMILES string of the molecule is CC(C)Cc1nnc([C@H](C)Nc2ccc3c(c2)NC(=O)[C@@H](C)O3)o1. The molecule has 1 aliphatic rings. The fourth-order valence-electron chi connectivity index (χ4n) is 2.48. The van der Waals surface area contributed by atoms with E-state index in [9.17, 15) is 4.79 Å². The van der Waals surface area contributed by atoms with Gasteiger partial charge in [0.25, 0.3) is 5.91 Å². The van der Waals surface area contributed by atoms with Crippen molar-refractivity contribution in [2.24, 2.45) is 5.92 Å². The van der Waals surface area contributed by atoms with Gasteiger partial charge in [-0.05, 0) is 38.0 Å². The summed E-state index contributed by atoms with van der Waals surface area (Å²) in [5, 5.41) is 14.3. The molecule has 1 aromatic carbocycles. The first-order valence-corrected chi connectivity index (χ1v) is 8.12. The number of rotatable bonds is 5. The molecule has 2 N–H and O–H groups in total. The molecule has 7 heteroatoms. The Hall–Kier alpha value is -2.57. The van der Waals surface area contributed by atoms with E-state index in [1.807, 2.05) is 25.1 Å². The third-order valence-electron chi connectivity index (χ3n) is 3.73. The van der Waals surface area contributed by atoms with Gasteiger partial charge in [-0.15, -0.1) is 10.2 Å². The summed E-state index contributed by atoms with van der Waals surface area (Å²) < 4.78 is 11.2. The zero-order valence-corrected chi connectivity index (χ0v) is 14.3. The van der Waals surface area contributed by atoms with Crippen LogP contribution < -0.4 is 15.4 Å². The molecule has 1 amide bonds. The van der Waals surface area contributed by atoms with E-state index in [2.05, 4.69) is 34.7 Å². The Bertz CT molecular complexity index is 741. The highest BCUT2D eigenvalue weighted by Gasteiger charge is 2.24. The fraction of sp³-hybridized carbons (Fsp3) is 0.471. The molecule has 7 nitrogen and oxygen atoms in total. The van der Waals surface area contributed by atoms with E-state index in [1.165, 1.54) is 0 Å². The van der Waals surface area contributed by atoms with Crippen LogP contribution in [0.3, 0.4) is 0 Å². The predicted molar refractivity (Wildman–Crippen MR) is 90.0 cm³/mol. The highest BCUT2D eigenvalue weighted by molar-refractivity contribution is 5.98. The minimum Gasteiger partial charge on any atom is -0.479 e. The lowest BCUT2D eigenvalue weighted by atomic mass is 10.1. The van der Waals surface area contributed by atoms with Crippen molar-refractivity contribution in [3.05, 3.63) is 30.0 Å². The van der Waals surface area contributed by atoms with Crippen molar-refractivity contribution in [1.82, 2.24) is 10.2 Å². The summed E-state index contributed by atoms with van der Waals surface area (Å²) in [7, 11) is 0. The number of amides is 1. The fourth-order valence-corrected chi connectivity index (χ4v) is 2.48. The number of fused-ring (bicyclic) bond motifs is 1. The van der Waals surface area contributed by atoms with Crippen LogP contribution in [-0.4, -0.2) is 22.2 Å². The normalized spacial score (nSPS) is 17.9. The Balaban J connectivity index is 1.71. The van der Waals surface area contributed by atoms with Crippen LogP contribution in [0.2, 0.25) is 0 Å². The molecule has 0 saturated carbocycles. The minimum absolute atomic E-state index is 0.143. The Labute approximate surface area is 140 Å². The quantitative estimate of drug-likeness (QED) is 0.875. The van der Waals surface area contributed by atoms with E-state index < -0.39 is 6.10 Å². The van der Waals surface area contributed by atoms with Crippen molar-refractivity contribution < 1.29 is 13.9 Å². The molecule has 0 unspecified atom stereocenters. The van der Waals surface area contributed by atoms with Crippen molar-refractivity contribution in [3.63, 3.8) is 0 Å². The number of benzene rings is 1. The van der Waals surface area contributed by atoms with Gasteiger partial charge in [0, 0.05) is 12.1 Å². The predicted octanol–water partition coefficient (Wildman–Crippen LogP) is 3.16. The molecule has 0 saturated heterocycles. The second kappa shape index (κ2) is 6.51. The Morgan fingerprint density at radius 2 is 2.08 bits per heavy atom. The second-order valence-electron chi connectivity index (χ2n) is 6.46. The molecule has 0 aliphatic carbocycles. The molecule has 128 valence electrons. The molecular formula is C17H22N4O3. The second-order valence-corrected chi connectivity index (χ2v) is 6.46.